The highest BCUT2D eigenvalue weighted by atomic mass is 16.3. The van der Waals surface area contributed by atoms with Crippen LogP contribution in [-0.4, -0.2) is 17.9 Å². The lowest BCUT2D eigenvalue weighted by Gasteiger charge is -2.06. The first-order valence-electron chi connectivity index (χ1n) is 2.86. The normalized spacial score (nSPS) is 25.4. The Morgan fingerprint density at radius 1 is 1.78 bits per heavy atom. The van der Waals surface area contributed by atoms with E-state index in [9.17, 15) is 0 Å². The summed E-state index contributed by atoms with van der Waals surface area (Å²) in [6.45, 7) is 3.36. The Hall–Kier alpha value is -0.890. The molecule has 0 aliphatic heterocycles. The predicted molar refractivity (Wildman–Crippen MR) is 37.4 cm³/mol. The first-order valence-corrected chi connectivity index (χ1v) is 2.86. The zero-order chi connectivity index (χ0) is 6.69. The van der Waals surface area contributed by atoms with Crippen LogP contribution in [0.3, 0.4) is 0 Å². The summed E-state index contributed by atoms with van der Waals surface area (Å²) in [5.41, 5.74) is 0.848. The second-order valence-corrected chi connectivity index (χ2v) is 1.95. The van der Waals surface area contributed by atoms with Crippen molar-refractivity contribution in [1.82, 2.24) is 0 Å². The summed E-state index contributed by atoms with van der Waals surface area (Å²) < 4.78 is 0. The lowest BCUT2D eigenvalue weighted by Crippen LogP contribution is -2.02. The molecule has 1 aliphatic rings. The van der Waals surface area contributed by atoms with E-state index in [2.05, 4.69) is 11.7 Å². The second-order valence-electron chi connectivity index (χ2n) is 1.95. The molecule has 2 nitrogen and oxygen atoms in total. The van der Waals surface area contributed by atoms with Gasteiger partial charge in [0.2, 0.25) is 0 Å². The van der Waals surface area contributed by atoms with Gasteiger partial charge in [0.15, 0.2) is 0 Å². The van der Waals surface area contributed by atoms with Crippen LogP contribution in [0.25, 0.3) is 0 Å². The molecule has 0 fully saturated rings. The molecule has 0 amide bonds. The number of aliphatic hydroxyl groups excluding tert-OH is 1. The molecule has 9 heavy (non-hydrogen) atoms. The fourth-order valence-electron chi connectivity index (χ4n) is 0.715. The van der Waals surface area contributed by atoms with Gasteiger partial charge in [-0.1, -0.05) is 12.2 Å². The van der Waals surface area contributed by atoms with E-state index < -0.39 is 0 Å². The molecule has 1 atom stereocenters. The van der Waals surface area contributed by atoms with Gasteiger partial charge in [0.05, 0.1) is 11.8 Å². The molecular formula is C7H9NO. The number of hydrogen-bond acceptors (Lipinski definition) is 2. The highest BCUT2D eigenvalue weighted by molar-refractivity contribution is 5.34. The Morgan fingerprint density at radius 2 is 2.56 bits per heavy atom. The lowest BCUT2D eigenvalue weighted by atomic mass is 10.1. The van der Waals surface area contributed by atoms with Gasteiger partial charge in [0.1, 0.15) is 0 Å². The summed E-state index contributed by atoms with van der Waals surface area (Å²) in [5, 5.41) is 8.93. The minimum Gasteiger partial charge on any atom is -0.389 e. The summed E-state index contributed by atoms with van der Waals surface area (Å²) in [6.07, 6.45) is 5.67. The van der Waals surface area contributed by atoms with Gasteiger partial charge >= 0.3 is 0 Å². The fourth-order valence-corrected chi connectivity index (χ4v) is 0.715. The van der Waals surface area contributed by atoms with Crippen LogP contribution in [0.2, 0.25) is 0 Å². The number of nitrogens with zero attached hydrogens (tertiary/aromatic N) is 1. The Labute approximate surface area is 54.2 Å². The van der Waals surface area contributed by atoms with E-state index in [1.165, 1.54) is 0 Å². The third-order valence-corrected chi connectivity index (χ3v) is 1.24. The van der Waals surface area contributed by atoms with Gasteiger partial charge in [-0.05, 0) is 19.2 Å². The van der Waals surface area contributed by atoms with Gasteiger partial charge in [-0.2, -0.15) is 0 Å². The standard InChI is InChI=1S/C7H9NO/c1-8-6-2-4-7(9)5-3-6/h2-4,7,9H,1,5H2. The van der Waals surface area contributed by atoms with E-state index in [1.54, 1.807) is 12.2 Å². The molecule has 0 radical (unpaired) electrons. The third-order valence-electron chi connectivity index (χ3n) is 1.24. The molecule has 1 aliphatic carbocycles. The predicted octanol–water partition coefficient (Wildman–Crippen LogP) is 0.892. The smallest absolute Gasteiger partial charge is 0.0760 e. The van der Waals surface area contributed by atoms with Crippen molar-refractivity contribution in [3.63, 3.8) is 0 Å². The monoisotopic (exact) mass is 123 g/mol. The van der Waals surface area contributed by atoms with Gasteiger partial charge in [-0.3, -0.25) is 4.99 Å². The van der Waals surface area contributed by atoms with Crippen LogP contribution in [0.5, 0.6) is 0 Å². The van der Waals surface area contributed by atoms with Crippen molar-refractivity contribution in [3.8, 4) is 0 Å². The number of aliphatic imine (C=N–C) groups is 1. The summed E-state index contributed by atoms with van der Waals surface area (Å²) in [7, 11) is 0. The first kappa shape index (κ1) is 6.23. The number of hydrogen-bond donors (Lipinski definition) is 1. The number of rotatable bonds is 1. The minimum atomic E-state index is -0.324. The summed E-state index contributed by atoms with van der Waals surface area (Å²) in [6, 6.07) is 0. The van der Waals surface area contributed by atoms with Crippen LogP contribution < -0.4 is 0 Å². The summed E-state index contributed by atoms with van der Waals surface area (Å²) >= 11 is 0. The van der Waals surface area contributed by atoms with E-state index in [4.69, 9.17) is 5.11 Å². The molecule has 0 saturated carbocycles. The minimum absolute atomic E-state index is 0.324. The zero-order valence-corrected chi connectivity index (χ0v) is 5.12. The van der Waals surface area contributed by atoms with E-state index in [0.29, 0.717) is 6.42 Å². The third kappa shape index (κ3) is 1.50. The van der Waals surface area contributed by atoms with Crippen LogP contribution in [0, 0.1) is 0 Å². The van der Waals surface area contributed by atoms with Crippen molar-refractivity contribution in [2.75, 3.05) is 0 Å². The molecule has 1 rings (SSSR count). The highest BCUT2D eigenvalue weighted by Crippen LogP contribution is 2.09. The van der Waals surface area contributed by atoms with Crippen LogP contribution in [0.1, 0.15) is 6.42 Å². The molecule has 2 heteroatoms. The summed E-state index contributed by atoms with van der Waals surface area (Å²) in [4.78, 5) is 3.70. The average molecular weight is 123 g/mol. The van der Waals surface area contributed by atoms with Gasteiger partial charge in [0.25, 0.3) is 0 Å². The SMILES string of the molecule is C=NC1=CCC(O)C=C1. The molecule has 0 aromatic heterocycles. The van der Waals surface area contributed by atoms with Crippen molar-refractivity contribution in [2.24, 2.45) is 4.99 Å². The highest BCUT2D eigenvalue weighted by Gasteiger charge is 2.01. The van der Waals surface area contributed by atoms with Crippen LogP contribution in [0.15, 0.2) is 28.9 Å². The maximum Gasteiger partial charge on any atom is 0.0760 e. The molecule has 0 bridgehead atoms. The molecule has 0 aromatic rings. The van der Waals surface area contributed by atoms with E-state index >= 15 is 0 Å². The quantitative estimate of drug-likeness (QED) is 0.516. The van der Waals surface area contributed by atoms with Crippen molar-refractivity contribution in [1.29, 1.82) is 0 Å². The largest absolute Gasteiger partial charge is 0.389 e. The molecular weight excluding hydrogens is 114 g/mol. The van der Waals surface area contributed by atoms with E-state index in [1.807, 2.05) is 6.08 Å². The Morgan fingerprint density at radius 3 is 3.00 bits per heavy atom. The average Bonchev–Trinajstić information content (AvgIpc) is 1.90. The molecule has 0 saturated heterocycles. The molecule has 48 valence electrons. The Balaban J connectivity index is 2.62. The first-order chi connectivity index (χ1) is 4.33. The topological polar surface area (TPSA) is 32.6 Å². The van der Waals surface area contributed by atoms with Gasteiger partial charge < -0.3 is 5.11 Å². The maximum atomic E-state index is 8.93. The van der Waals surface area contributed by atoms with Crippen molar-refractivity contribution in [2.45, 2.75) is 12.5 Å². The van der Waals surface area contributed by atoms with Crippen LogP contribution >= 0.6 is 0 Å². The fraction of sp³-hybridized carbons (Fsp3) is 0.286. The van der Waals surface area contributed by atoms with Gasteiger partial charge in [-0.25, -0.2) is 0 Å². The molecule has 0 heterocycles. The molecule has 1 N–H and O–H groups in total. The molecule has 0 aromatic carbocycles. The van der Waals surface area contributed by atoms with Gasteiger partial charge in [-0.15, -0.1) is 0 Å². The van der Waals surface area contributed by atoms with E-state index in [0.717, 1.165) is 5.70 Å². The number of aliphatic hydroxyl groups is 1. The zero-order valence-electron chi connectivity index (χ0n) is 5.12. The van der Waals surface area contributed by atoms with Crippen LogP contribution in [0.4, 0.5) is 0 Å². The van der Waals surface area contributed by atoms with Crippen molar-refractivity contribution < 1.29 is 5.11 Å². The van der Waals surface area contributed by atoms with Crippen molar-refractivity contribution in [3.05, 3.63) is 23.9 Å². The second kappa shape index (κ2) is 2.60. The molecule has 1 unspecified atom stereocenters. The molecule has 0 spiro atoms. The lowest BCUT2D eigenvalue weighted by molar-refractivity contribution is 0.225. The Kier molecular flexibility index (Phi) is 1.80. The van der Waals surface area contributed by atoms with Crippen molar-refractivity contribution >= 4 is 6.72 Å². The summed E-state index contributed by atoms with van der Waals surface area (Å²) in [5.74, 6) is 0. The number of allylic oxidation sites excluding steroid dienone is 1. The van der Waals surface area contributed by atoms with E-state index in [-0.39, 0.29) is 6.10 Å². The maximum absolute atomic E-state index is 8.93. The Bertz CT molecular complexity index is 170. The van der Waals surface area contributed by atoms with Crippen LogP contribution in [-0.2, 0) is 0 Å². The van der Waals surface area contributed by atoms with Gasteiger partial charge in [0, 0.05) is 0 Å².